The zero-order valence-corrected chi connectivity index (χ0v) is 23.0. The molecule has 0 aliphatic carbocycles. The van der Waals surface area contributed by atoms with Crippen molar-refractivity contribution >= 4 is 37.4 Å². The third-order valence-corrected chi connectivity index (χ3v) is 7.89. The summed E-state index contributed by atoms with van der Waals surface area (Å²) in [7, 11) is -8.60. The van der Waals surface area contributed by atoms with Crippen LogP contribution in [0.4, 0.5) is 11.4 Å². The van der Waals surface area contributed by atoms with Crippen molar-refractivity contribution in [2.75, 3.05) is 19.6 Å². The average molecular weight is 588 g/mol. The van der Waals surface area contributed by atoms with Gasteiger partial charge in [-0.3, -0.25) is 25.0 Å². The van der Waals surface area contributed by atoms with Crippen LogP contribution in [-0.4, -0.2) is 63.9 Å². The number of esters is 1. The molecule has 0 amide bonds. The van der Waals surface area contributed by atoms with Gasteiger partial charge in [0.1, 0.15) is 11.6 Å². The van der Waals surface area contributed by atoms with Crippen LogP contribution in [0.5, 0.6) is 0 Å². The number of hydrogen-bond acceptors (Lipinski definition) is 11. The van der Waals surface area contributed by atoms with Crippen LogP contribution in [0.1, 0.15) is 27.2 Å². The van der Waals surface area contributed by atoms with Crippen LogP contribution < -0.4 is 14.8 Å². The number of rotatable bonds is 14. The van der Waals surface area contributed by atoms with Crippen molar-refractivity contribution in [3.63, 3.8) is 0 Å². The highest BCUT2D eigenvalue weighted by Gasteiger charge is 2.30. The molecular weight excluding hydrogens is 558 g/mol. The Morgan fingerprint density at radius 1 is 0.846 bits per heavy atom. The lowest BCUT2D eigenvalue weighted by Gasteiger charge is -2.25. The van der Waals surface area contributed by atoms with Gasteiger partial charge in [-0.2, -0.15) is 0 Å². The molecule has 2 aromatic carbocycles. The van der Waals surface area contributed by atoms with E-state index in [0.29, 0.717) is 0 Å². The molecule has 214 valence electrons. The van der Waals surface area contributed by atoms with E-state index in [9.17, 15) is 41.9 Å². The van der Waals surface area contributed by atoms with Gasteiger partial charge in [0.15, 0.2) is 9.79 Å². The number of ether oxygens (including phenoxy) is 1. The van der Waals surface area contributed by atoms with Crippen molar-refractivity contribution < 1.29 is 36.2 Å². The molecular formula is C22H29N5O10S2. The van der Waals surface area contributed by atoms with Gasteiger partial charge in [-0.15, -0.1) is 0 Å². The normalized spacial score (nSPS) is 13.0. The van der Waals surface area contributed by atoms with Gasteiger partial charge in [0.2, 0.25) is 20.0 Å². The van der Waals surface area contributed by atoms with Gasteiger partial charge in [-0.1, -0.05) is 24.3 Å². The van der Waals surface area contributed by atoms with E-state index in [-0.39, 0.29) is 19.5 Å². The standard InChI is InChI=1S/C22H29N5O10S2/c1-22(2,3)37-21(28)16(15-25-39(35,36)20-12-7-5-10-18(20)27(31)32)23-13-8-14-24-38(33,34)19-11-6-4-9-17(19)26(29)30/h4-7,9-12,16,23-25H,8,13-15H2,1-3H3. The Bertz CT molecular complexity index is 1420. The predicted octanol–water partition coefficient (Wildman–Crippen LogP) is 1.45. The molecule has 15 nitrogen and oxygen atoms in total. The Kier molecular flexibility index (Phi) is 10.6. The molecule has 0 aromatic heterocycles. The van der Waals surface area contributed by atoms with Gasteiger partial charge < -0.3 is 10.1 Å². The van der Waals surface area contributed by atoms with Crippen molar-refractivity contribution in [1.82, 2.24) is 14.8 Å². The molecule has 0 saturated carbocycles. The number of nitrogens with one attached hydrogen (secondary N) is 3. The van der Waals surface area contributed by atoms with Crippen LogP contribution >= 0.6 is 0 Å². The third kappa shape index (κ3) is 9.32. The third-order valence-electron chi connectivity index (χ3n) is 4.91. The minimum atomic E-state index is -4.39. The van der Waals surface area contributed by atoms with E-state index in [1.807, 2.05) is 0 Å². The zero-order valence-electron chi connectivity index (χ0n) is 21.3. The number of benzene rings is 2. The van der Waals surface area contributed by atoms with Crippen molar-refractivity contribution in [2.45, 2.75) is 48.6 Å². The van der Waals surface area contributed by atoms with E-state index in [0.717, 1.165) is 24.3 Å². The van der Waals surface area contributed by atoms with Crippen LogP contribution in [0, 0.1) is 20.2 Å². The van der Waals surface area contributed by atoms with Crippen molar-refractivity contribution in [3.05, 3.63) is 68.8 Å². The summed E-state index contributed by atoms with van der Waals surface area (Å²) < 4.78 is 60.2. The summed E-state index contributed by atoms with van der Waals surface area (Å²) in [5.41, 5.74) is -2.13. The van der Waals surface area contributed by atoms with Crippen LogP contribution in [0.3, 0.4) is 0 Å². The lowest BCUT2D eigenvalue weighted by molar-refractivity contribution is -0.388. The summed E-state index contributed by atoms with van der Waals surface area (Å²) in [6.07, 6.45) is 0.107. The number of hydrogen-bond donors (Lipinski definition) is 3. The number of nitro groups is 2. The maximum Gasteiger partial charge on any atom is 0.325 e. The van der Waals surface area contributed by atoms with Crippen molar-refractivity contribution in [1.29, 1.82) is 0 Å². The Labute approximate surface area is 225 Å². The highest BCUT2D eigenvalue weighted by atomic mass is 32.2. The maximum absolute atomic E-state index is 12.7. The minimum absolute atomic E-state index is 0.0104. The monoisotopic (exact) mass is 587 g/mol. The first kappa shape index (κ1) is 31.7. The van der Waals surface area contributed by atoms with Gasteiger partial charge in [-0.25, -0.2) is 26.3 Å². The van der Waals surface area contributed by atoms with E-state index in [1.54, 1.807) is 20.8 Å². The maximum atomic E-state index is 12.7. The van der Waals surface area contributed by atoms with Crippen LogP contribution in [0.25, 0.3) is 0 Å². The summed E-state index contributed by atoms with van der Waals surface area (Å²) in [5, 5.41) is 25.1. The van der Waals surface area contributed by atoms with Crippen LogP contribution in [-0.2, 0) is 29.6 Å². The fourth-order valence-corrected chi connectivity index (χ4v) is 5.66. The Hall–Kier alpha value is -3.51. The number of para-hydroxylation sites is 2. The van der Waals surface area contributed by atoms with Gasteiger partial charge >= 0.3 is 5.97 Å². The molecule has 0 heterocycles. The first-order valence-electron chi connectivity index (χ1n) is 11.5. The van der Waals surface area contributed by atoms with E-state index < -0.39 is 75.2 Å². The largest absolute Gasteiger partial charge is 0.459 e. The Morgan fingerprint density at radius 3 is 1.77 bits per heavy atom. The Morgan fingerprint density at radius 2 is 1.31 bits per heavy atom. The molecule has 2 rings (SSSR count). The number of sulfonamides is 2. The molecule has 2 aromatic rings. The topological polar surface area (TPSA) is 217 Å². The molecule has 0 bridgehead atoms. The van der Waals surface area contributed by atoms with Gasteiger partial charge in [0.25, 0.3) is 11.4 Å². The quantitative estimate of drug-likeness (QED) is 0.124. The molecule has 0 aliphatic rings. The van der Waals surface area contributed by atoms with Gasteiger partial charge in [0, 0.05) is 25.2 Å². The number of carbonyl (C=O) groups is 1. The summed E-state index contributed by atoms with van der Waals surface area (Å²) in [6.45, 7) is 4.15. The molecule has 0 aliphatic heterocycles. The summed E-state index contributed by atoms with van der Waals surface area (Å²) in [6, 6.07) is 8.33. The lowest BCUT2D eigenvalue weighted by atomic mass is 10.2. The molecule has 1 unspecified atom stereocenters. The highest BCUT2D eigenvalue weighted by Crippen LogP contribution is 2.23. The summed E-state index contributed by atoms with van der Waals surface area (Å²) >= 11 is 0. The van der Waals surface area contributed by atoms with E-state index in [2.05, 4.69) is 14.8 Å². The first-order chi connectivity index (χ1) is 18.0. The summed E-state index contributed by atoms with van der Waals surface area (Å²) in [4.78, 5) is 32.3. The molecule has 0 fully saturated rings. The van der Waals surface area contributed by atoms with Gasteiger partial charge in [0.05, 0.1) is 9.85 Å². The molecule has 3 N–H and O–H groups in total. The van der Waals surface area contributed by atoms with E-state index in [1.165, 1.54) is 24.3 Å². The zero-order chi connectivity index (χ0) is 29.4. The molecule has 17 heteroatoms. The average Bonchev–Trinajstić information content (AvgIpc) is 2.84. The molecule has 0 radical (unpaired) electrons. The number of nitro benzene ring substituents is 2. The Balaban J connectivity index is 2.07. The number of carbonyl (C=O) groups excluding carboxylic acids is 1. The van der Waals surface area contributed by atoms with E-state index >= 15 is 0 Å². The second kappa shape index (κ2) is 13.0. The van der Waals surface area contributed by atoms with Crippen LogP contribution in [0.15, 0.2) is 58.3 Å². The van der Waals surface area contributed by atoms with Crippen LogP contribution in [0.2, 0.25) is 0 Å². The van der Waals surface area contributed by atoms with Crippen molar-refractivity contribution in [2.24, 2.45) is 0 Å². The van der Waals surface area contributed by atoms with E-state index in [4.69, 9.17) is 4.74 Å². The fourth-order valence-electron chi connectivity index (χ4n) is 3.20. The summed E-state index contributed by atoms with van der Waals surface area (Å²) in [5.74, 6) is -0.812. The SMILES string of the molecule is CC(C)(C)OC(=O)C(CNS(=O)(=O)c1ccccc1[N+](=O)[O-])NCCCNS(=O)(=O)c1ccccc1[N+](=O)[O-]. The fraction of sp³-hybridized carbons (Fsp3) is 0.409. The highest BCUT2D eigenvalue weighted by molar-refractivity contribution is 7.90. The first-order valence-corrected chi connectivity index (χ1v) is 14.4. The lowest BCUT2D eigenvalue weighted by Crippen LogP contribution is -2.49. The smallest absolute Gasteiger partial charge is 0.325 e. The number of nitrogens with zero attached hydrogens (tertiary/aromatic N) is 2. The predicted molar refractivity (Wildman–Crippen MR) is 139 cm³/mol. The minimum Gasteiger partial charge on any atom is -0.459 e. The molecule has 1 atom stereocenters. The van der Waals surface area contributed by atoms with Gasteiger partial charge in [-0.05, 0) is 45.9 Å². The second-order valence-corrected chi connectivity index (χ2v) is 12.6. The molecule has 39 heavy (non-hydrogen) atoms. The molecule has 0 saturated heterocycles. The van der Waals surface area contributed by atoms with Crippen molar-refractivity contribution in [3.8, 4) is 0 Å². The molecule has 0 spiro atoms. The second-order valence-electron chi connectivity index (χ2n) is 9.09.